The van der Waals surface area contributed by atoms with Gasteiger partial charge in [-0.3, -0.25) is 4.99 Å². The van der Waals surface area contributed by atoms with E-state index >= 15 is 0 Å². The second-order valence-corrected chi connectivity index (χ2v) is 7.67. The quantitative estimate of drug-likeness (QED) is 0.266. The monoisotopic (exact) mass is 565 g/mol. The van der Waals surface area contributed by atoms with Crippen LogP contribution in [-0.4, -0.2) is 44.3 Å². The van der Waals surface area contributed by atoms with Gasteiger partial charge >= 0.3 is 0 Å². The van der Waals surface area contributed by atoms with Crippen LogP contribution in [0, 0.1) is 12.7 Å². The molecule has 1 fully saturated rings. The van der Waals surface area contributed by atoms with E-state index in [1.807, 2.05) is 48.2 Å². The van der Waals surface area contributed by atoms with Gasteiger partial charge in [0.2, 0.25) is 5.89 Å². The third-order valence-electron chi connectivity index (χ3n) is 5.33. The van der Waals surface area contributed by atoms with Crippen LogP contribution < -0.4 is 15.5 Å². The van der Waals surface area contributed by atoms with E-state index in [2.05, 4.69) is 20.6 Å². The van der Waals surface area contributed by atoms with E-state index in [4.69, 9.17) is 9.15 Å². The normalized spacial score (nSPS) is 14.0. The zero-order valence-electron chi connectivity index (χ0n) is 18.8. The van der Waals surface area contributed by atoms with Crippen molar-refractivity contribution in [3.63, 3.8) is 0 Å². The topological polar surface area (TPSA) is 74.9 Å². The highest BCUT2D eigenvalue weighted by molar-refractivity contribution is 14.0. The Kier molecular flexibility index (Phi) is 9.07. The first-order valence-corrected chi connectivity index (χ1v) is 10.7. The largest absolute Gasteiger partial charge is 0.444 e. The van der Waals surface area contributed by atoms with Gasteiger partial charge in [0, 0.05) is 32.2 Å². The summed E-state index contributed by atoms with van der Waals surface area (Å²) in [4.78, 5) is 10.8. The van der Waals surface area contributed by atoms with E-state index in [0.717, 1.165) is 16.8 Å². The van der Waals surface area contributed by atoms with E-state index in [0.29, 0.717) is 56.9 Å². The number of guanidine groups is 1. The fourth-order valence-corrected chi connectivity index (χ4v) is 3.52. The van der Waals surface area contributed by atoms with E-state index in [-0.39, 0.29) is 29.8 Å². The van der Waals surface area contributed by atoms with Gasteiger partial charge in [0.05, 0.1) is 31.1 Å². The standard InChI is InChI=1S/C24H28FN5O2.HI/c1-17-3-6-19(7-4-17)23-29-20(16-32-23)15-28-24(26-2)27-14-18-5-8-22(21(25)13-18)30-9-11-31-12-10-30;/h3-8,13,16H,9-12,14-15H2,1-2H3,(H2,26,27,28);1H. The number of aliphatic imine (C=N–C) groups is 1. The van der Waals surface area contributed by atoms with Gasteiger partial charge in [-0.1, -0.05) is 23.8 Å². The molecular weight excluding hydrogens is 536 g/mol. The molecule has 0 spiro atoms. The Morgan fingerprint density at radius 3 is 2.52 bits per heavy atom. The summed E-state index contributed by atoms with van der Waals surface area (Å²) in [5.74, 6) is 0.962. The number of aromatic nitrogens is 1. The lowest BCUT2D eigenvalue weighted by atomic mass is 10.1. The minimum absolute atomic E-state index is 0. The molecule has 7 nitrogen and oxygen atoms in total. The summed E-state index contributed by atoms with van der Waals surface area (Å²) in [5.41, 5.74) is 4.35. The molecule has 0 bridgehead atoms. The molecule has 176 valence electrons. The van der Waals surface area contributed by atoms with Crippen LogP contribution in [0.15, 0.2) is 58.1 Å². The fraction of sp³-hybridized carbons (Fsp3) is 0.333. The molecule has 2 N–H and O–H groups in total. The molecule has 0 atom stereocenters. The molecule has 0 radical (unpaired) electrons. The summed E-state index contributed by atoms with van der Waals surface area (Å²) >= 11 is 0. The number of aryl methyl sites for hydroxylation is 1. The number of nitrogens with one attached hydrogen (secondary N) is 2. The first kappa shape index (κ1) is 25.0. The molecule has 0 amide bonds. The average Bonchev–Trinajstić information content (AvgIpc) is 3.29. The van der Waals surface area contributed by atoms with Crippen molar-refractivity contribution in [2.24, 2.45) is 4.99 Å². The van der Waals surface area contributed by atoms with E-state index < -0.39 is 0 Å². The summed E-state index contributed by atoms with van der Waals surface area (Å²) in [6.07, 6.45) is 1.63. The molecule has 1 aliphatic heterocycles. The maximum atomic E-state index is 14.6. The first-order valence-electron chi connectivity index (χ1n) is 10.7. The van der Waals surface area contributed by atoms with Crippen molar-refractivity contribution in [2.45, 2.75) is 20.0 Å². The van der Waals surface area contributed by atoms with Gasteiger partial charge in [-0.15, -0.1) is 24.0 Å². The van der Waals surface area contributed by atoms with Crippen LogP contribution in [0.2, 0.25) is 0 Å². The average molecular weight is 565 g/mol. The van der Waals surface area contributed by atoms with Crippen molar-refractivity contribution in [2.75, 3.05) is 38.3 Å². The molecule has 3 aromatic rings. The van der Waals surface area contributed by atoms with Crippen molar-refractivity contribution in [1.29, 1.82) is 0 Å². The zero-order chi connectivity index (χ0) is 22.3. The number of oxazole rings is 1. The van der Waals surface area contributed by atoms with Crippen molar-refractivity contribution in [3.8, 4) is 11.5 Å². The van der Waals surface area contributed by atoms with Crippen LogP contribution in [-0.2, 0) is 17.8 Å². The van der Waals surface area contributed by atoms with Gasteiger partial charge in [0.1, 0.15) is 12.1 Å². The minimum atomic E-state index is -0.222. The third kappa shape index (κ3) is 6.67. The van der Waals surface area contributed by atoms with Gasteiger partial charge in [-0.2, -0.15) is 0 Å². The van der Waals surface area contributed by atoms with Crippen LogP contribution in [0.5, 0.6) is 0 Å². The fourth-order valence-electron chi connectivity index (χ4n) is 3.52. The van der Waals surface area contributed by atoms with Gasteiger partial charge in [-0.05, 0) is 36.8 Å². The van der Waals surface area contributed by atoms with Gasteiger partial charge in [0.15, 0.2) is 5.96 Å². The summed E-state index contributed by atoms with van der Waals surface area (Å²) in [6.45, 7) is 5.62. The highest BCUT2D eigenvalue weighted by atomic mass is 127. The first-order chi connectivity index (χ1) is 15.6. The predicted molar refractivity (Wildman–Crippen MR) is 139 cm³/mol. The van der Waals surface area contributed by atoms with Gasteiger partial charge in [0.25, 0.3) is 0 Å². The molecule has 1 saturated heterocycles. The molecule has 2 heterocycles. The number of rotatable bonds is 6. The van der Waals surface area contributed by atoms with Crippen LogP contribution in [0.3, 0.4) is 0 Å². The summed E-state index contributed by atoms with van der Waals surface area (Å²) in [6, 6.07) is 13.4. The smallest absolute Gasteiger partial charge is 0.226 e. The van der Waals surface area contributed by atoms with Gasteiger partial charge < -0.3 is 24.7 Å². The lowest BCUT2D eigenvalue weighted by Gasteiger charge is -2.29. The summed E-state index contributed by atoms with van der Waals surface area (Å²) in [7, 11) is 1.69. The lowest BCUT2D eigenvalue weighted by Crippen LogP contribution is -2.37. The van der Waals surface area contributed by atoms with Crippen LogP contribution >= 0.6 is 24.0 Å². The van der Waals surface area contributed by atoms with E-state index in [9.17, 15) is 4.39 Å². The molecule has 0 aliphatic carbocycles. The van der Waals surface area contributed by atoms with Crippen molar-refractivity contribution < 1.29 is 13.5 Å². The lowest BCUT2D eigenvalue weighted by molar-refractivity contribution is 0.122. The number of morpholine rings is 1. The van der Waals surface area contributed by atoms with E-state index in [1.54, 1.807) is 19.4 Å². The maximum absolute atomic E-state index is 14.6. The Bertz CT molecular complexity index is 1060. The SMILES string of the molecule is CN=C(NCc1ccc(N2CCOCC2)c(F)c1)NCc1coc(-c2ccc(C)cc2)n1.I. The Morgan fingerprint density at radius 1 is 1.09 bits per heavy atom. The second-order valence-electron chi connectivity index (χ2n) is 7.67. The molecule has 0 saturated carbocycles. The highest BCUT2D eigenvalue weighted by Crippen LogP contribution is 2.22. The summed E-state index contributed by atoms with van der Waals surface area (Å²) in [5, 5.41) is 6.42. The number of benzene rings is 2. The molecule has 2 aromatic carbocycles. The van der Waals surface area contributed by atoms with Crippen LogP contribution in [0.25, 0.3) is 11.5 Å². The molecule has 1 aliphatic rings. The van der Waals surface area contributed by atoms with E-state index in [1.165, 1.54) is 5.56 Å². The van der Waals surface area contributed by atoms with Crippen molar-refractivity contribution in [3.05, 3.63) is 71.4 Å². The molecule has 4 rings (SSSR count). The van der Waals surface area contributed by atoms with Crippen LogP contribution in [0.4, 0.5) is 10.1 Å². The predicted octanol–water partition coefficient (Wildman–Crippen LogP) is 4.11. The highest BCUT2D eigenvalue weighted by Gasteiger charge is 2.15. The Hall–Kier alpha value is -2.66. The molecule has 0 unspecified atom stereocenters. The molecule has 9 heteroatoms. The minimum Gasteiger partial charge on any atom is -0.444 e. The number of anilines is 1. The third-order valence-corrected chi connectivity index (χ3v) is 5.33. The number of hydrogen-bond donors (Lipinski definition) is 2. The molecule has 33 heavy (non-hydrogen) atoms. The number of ether oxygens (including phenoxy) is 1. The maximum Gasteiger partial charge on any atom is 0.226 e. The Balaban J connectivity index is 0.00000306. The Morgan fingerprint density at radius 2 is 1.82 bits per heavy atom. The Labute approximate surface area is 210 Å². The van der Waals surface area contributed by atoms with Crippen molar-refractivity contribution in [1.82, 2.24) is 15.6 Å². The molecular formula is C24H29FIN5O2. The summed E-state index contributed by atoms with van der Waals surface area (Å²) < 4.78 is 25.5. The number of nitrogens with zero attached hydrogens (tertiary/aromatic N) is 3. The number of halogens is 2. The zero-order valence-corrected chi connectivity index (χ0v) is 21.1. The second kappa shape index (κ2) is 12.0. The van der Waals surface area contributed by atoms with Crippen molar-refractivity contribution >= 4 is 35.6 Å². The number of hydrogen-bond acceptors (Lipinski definition) is 5. The van der Waals surface area contributed by atoms with Crippen LogP contribution in [0.1, 0.15) is 16.8 Å². The molecule has 1 aromatic heterocycles. The van der Waals surface area contributed by atoms with Gasteiger partial charge in [-0.25, -0.2) is 9.37 Å².